The Balaban J connectivity index is 1.93. The van der Waals surface area contributed by atoms with E-state index in [1.807, 2.05) is 11.7 Å². The summed E-state index contributed by atoms with van der Waals surface area (Å²) in [6.07, 6.45) is 4.55. The zero-order chi connectivity index (χ0) is 14.3. The first-order chi connectivity index (χ1) is 9.56. The standard InChI is InChI=1S/C14H14BrF2N3/c1-20-13-4-2-3-12(9(13)7-18-20)19-14-10(16)5-8(15)6-11(14)17/h5-7,12,19H,2-4H2,1H3. The first-order valence-corrected chi connectivity index (χ1v) is 7.27. The van der Waals surface area contributed by atoms with Crippen molar-refractivity contribution < 1.29 is 8.78 Å². The lowest BCUT2D eigenvalue weighted by Crippen LogP contribution is -2.19. The minimum Gasteiger partial charge on any atom is -0.373 e. The van der Waals surface area contributed by atoms with Crippen LogP contribution in [0.5, 0.6) is 0 Å². The van der Waals surface area contributed by atoms with E-state index in [2.05, 4.69) is 26.3 Å². The number of hydrogen-bond acceptors (Lipinski definition) is 2. The summed E-state index contributed by atoms with van der Waals surface area (Å²) in [7, 11) is 1.89. The molecular weight excluding hydrogens is 328 g/mol. The minimum absolute atomic E-state index is 0.0742. The molecule has 0 radical (unpaired) electrons. The van der Waals surface area contributed by atoms with E-state index in [0.717, 1.165) is 30.5 Å². The first kappa shape index (κ1) is 13.5. The second-order valence-corrected chi connectivity index (χ2v) is 5.92. The molecule has 0 saturated heterocycles. The molecule has 20 heavy (non-hydrogen) atoms. The Morgan fingerprint density at radius 2 is 2.05 bits per heavy atom. The molecule has 2 aromatic rings. The van der Waals surface area contributed by atoms with Gasteiger partial charge in [0.25, 0.3) is 0 Å². The molecule has 1 aromatic heterocycles. The molecular formula is C14H14BrF2N3. The first-order valence-electron chi connectivity index (χ1n) is 6.48. The molecule has 1 N–H and O–H groups in total. The SMILES string of the molecule is Cn1ncc2c1CCCC2Nc1c(F)cc(Br)cc1F. The highest BCUT2D eigenvalue weighted by Crippen LogP contribution is 2.34. The van der Waals surface area contributed by atoms with Crippen molar-refractivity contribution in [1.82, 2.24) is 9.78 Å². The van der Waals surface area contributed by atoms with Gasteiger partial charge < -0.3 is 5.32 Å². The van der Waals surface area contributed by atoms with Gasteiger partial charge in [0.05, 0.1) is 12.2 Å². The van der Waals surface area contributed by atoms with Crippen molar-refractivity contribution in [2.75, 3.05) is 5.32 Å². The number of anilines is 1. The van der Waals surface area contributed by atoms with Crippen LogP contribution in [0.15, 0.2) is 22.8 Å². The van der Waals surface area contributed by atoms with Crippen LogP contribution in [0.1, 0.15) is 30.1 Å². The number of aryl methyl sites for hydroxylation is 1. The maximum atomic E-state index is 13.9. The quantitative estimate of drug-likeness (QED) is 0.896. The fraction of sp³-hybridized carbons (Fsp3) is 0.357. The molecule has 0 aliphatic heterocycles. The van der Waals surface area contributed by atoms with E-state index in [4.69, 9.17) is 0 Å². The zero-order valence-electron chi connectivity index (χ0n) is 11.0. The van der Waals surface area contributed by atoms with Gasteiger partial charge in [-0.25, -0.2) is 8.78 Å². The average molecular weight is 342 g/mol. The summed E-state index contributed by atoms with van der Waals surface area (Å²) in [6.45, 7) is 0. The number of halogens is 3. The Morgan fingerprint density at radius 1 is 1.35 bits per heavy atom. The monoisotopic (exact) mass is 341 g/mol. The number of benzene rings is 1. The average Bonchev–Trinajstić information content (AvgIpc) is 2.77. The van der Waals surface area contributed by atoms with Crippen molar-refractivity contribution >= 4 is 21.6 Å². The Bertz CT molecular complexity index is 631. The third-order valence-electron chi connectivity index (χ3n) is 3.70. The van der Waals surface area contributed by atoms with Gasteiger partial charge in [-0.15, -0.1) is 0 Å². The van der Waals surface area contributed by atoms with Crippen molar-refractivity contribution in [2.45, 2.75) is 25.3 Å². The molecule has 0 bridgehead atoms. The highest BCUT2D eigenvalue weighted by atomic mass is 79.9. The van der Waals surface area contributed by atoms with Gasteiger partial charge in [-0.2, -0.15) is 5.10 Å². The molecule has 1 unspecified atom stereocenters. The zero-order valence-corrected chi connectivity index (χ0v) is 12.5. The number of nitrogens with one attached hydrogen (secondary N) is 1. The predicted octanol–water partition coefficient (Wildman–Crippen LogP) is 3.95. The van der Waals surface area contributed by atoms with Gasteiger partial charge in [0, 0.05) is 22.8 Å². The molecule has 0 saturated carbocycles. The lowest BCUT2D eigenvalue weighted by Gasteiger charge is -2.25. The summed E-state index contributed by atoms with van der Waals surface area (Å²) in [6, 6.07) is 2.43. The van der Waals surface area contributed by atoms with Crippen LogP contribution in [0.3, 0.4) is 0 Å². The van der Waals surface area contributed by atoms with Gasteiger partial charge in [0.1, 0.15) is 17.3 Å². The molecule has 0 amide bonds. The lowest BCUT2D eigenvalue weighted by molar-refractivity contribution is 0.550. The maximum Gasteiger partial charge on any atom is 0.150 e. The van der Waals surface area contributed by atoms with Crippen molar-refractivity contribution in [2.24, 2.45) is 7.05 Å². The summed E-state index contributed by atoms with van der Waals surface area (Å²) < 4.78 is 30.0. The van der Waals surface area contributed by atoms with Gasteiger partial charge in [0.15, 0.2) is 0 Å². The number of aromatic nitrogens is 2. The molecule has 1 aliphatic rings. The highest BCUT2D eigenvalue weighted by Gasteiger charge is 2.25. The minimum atomic E-state index is -0.590. The largest absolute Gasteiger partial charge is 0.373 e. The maximum absolute atomic E-state index is 13.9. The van der Waals surface area contributed by atoms with Gasteiger partial charge in [-0.05, 0) is 31.4 Å². The van der Waals surface area contributed by atoms with E-state index in [1.54, 1.807) is 6.20 Å². The van der Waals surface area contributed by atoms with Crippen LogP contribution >= 0.6 is 15.9 Å². The van der Waals surface area contributed by atoms with E-state index >= 15 is 0 Å². The van der Waals surface area contributed by atoms with Crippen LogP contribution in [0.2, 0.25) is 0 Å². The second-order valence-electron chi connectivity index (χ2n) is 5.00. The molecule has 0 spiro atoms. The summed E-state index contributed by atoms with van der Waals surface area (Å²) in [4.78, 5) is 0. The van der Waals surface area contributed by atoms with Gasteiger partial charge in [-0.3, -0.25) is 4.68 Å². The van der Waals surface area contributed by atoms with E-state index in [9.17, 15) is 8.78 Å². The molecule has 1 aromatic carbocycles. The van der Waals surface area contributed by atoms with Crippen molar-refractivity contribution in [3.8, 4) is 0 Å². The normalized spacial score (nSPS) is 17.9. The molecule has 3 nitrogen and oxygen atoms in total. The molecule has 1 heterocycles. The summed E-state index contributed by atoms with van der Waals surface area (Å²) in [5.41, 5.74) is 2.09. The lowest BCUT2D eigenvalue weighted by atomic mass is 9.93. The summed E-state index contributed by atoms with van der Waals surface area (Å²) >= 11 is 3.08. The number of rotatable bonds is 2. The Hall–Kier alpha value is -1.43. The predicted molar refractivity (Wildman–Crippen MR) is 76.6 cm³/mol. The second kappa shape index (κ2) is 5.16. The third-order valence-corrected chi connectivity index (χ3v) is 4.16. The van der Waals surface area contributed by atoms with Crippen LogP contribution in [0.25, 0.3) is 0 Å². The van der Waals surface area contributed by atoms with Crippen LogP contribution in [-0.4, -0.2) is 9.78 Å². The molecule has 1 atom stereocenters. The smallest absolute Gasteiger partial charge is 0.150 e. The number of nitrogens with zero attached hydrogens (tertiary/aromatic N) is 2. The topological polar surface area (TPSA) is 29.9 Å². The molecule has 0 fully saturated rings. The summed E-state index contributed by atoms with van der Waals surface area (Å²) in [5, 5.41) is 7.22. The number of fused-ring (bicyclic) bond motifs is 1. The van der Waals surface area contributed by atoms with Crippen molar-refractivity contribution in [3.63, 3.8) is 0 Å². The Kier molecular flexibility index (Phi) is 3.50. The fourth-order valence-corrected chi connectivity index (χ4v) is 3.11. The molecule has 3 rings (SSSR count). The molecule has 6 heteroatoms. The van der Waals surface area contributed by atoms with Crippen LogP contribution in [0.4, 0.5) is 14.5 Å². The van der Waals surface area contributed by atoms with Gasteiger partial charge in [0.2, 0.25) is 0 Å². The van der Waals surface area contributed by atoms with Gasteiger partial charge in [-0.1, -0.05) is 15.9 Å². The van der Waals surface area contributed by atoms with Crippen LogP contribution in [-0.2, 0) is 13.5 Å². The molecule has 1 aliphatic carbocycles. The van der Waals surface area contributed by atoms with E-state index in [-0.39, 0.29) is 11.7 Å². The molecule has 106 valence electrons. The van der Waals surface area contributed by atoms with E-state index in [0.29, 0.717) is 4.47 Å². The van der Waals surface area contributed by atoms with E-state index < -0.39 is 11.6 Å². The highest BCUT2D eigenvalue weighted by molar-refractivity contribution is 9.10. The van der Waals surface area contributed by atoms with E-state index in [1.165, 1.54) is 12.1 Å². The Labute approximate surface area is 124 Å². The number of hydrogen-bond donors (Lipinski definition) is 1. The van der Waals surface area contributed by atoms with Crippen LogP contribution in [0, 0.1) is 11.6 Å². The Morgan fingerprint density at radius 3 is 2.75 bits per heavy atom. The fourth-order valence-electron chi connectivity index (χ4n) is 2.71. The van der Waals surface area contributed by atoms with Crippen molar-refractivity contribution in [1.29, 1.82) is 0 Å². The van der Waals surface area contributed by atoms with Crippen LogP contribution < -0.4 is 5.32 Å². The van der Waals surface area contributed by atoms with Gasteiger partial charge >= 0.3 is 0 Å². The van der Waals surface area contributed by atoms with Crippen molar-refractivity contribution in [3.05, 3.63) is 45.7 Å². The summed E-state index contributed by atoms with van der Waals surface area (Å²) in [5.74, 6) is -1.18. The third kappa shape index (κ3) is 2.32.